The van der Waals surface area contributed by atoms with E-state index in [1.807, 2.05) is 20.8 Å². The van der Waals surface area contributed by atoms with Gasteiger partial charge in [-0.3, -0.25) is 9.78 Å². The lowest BCUT2D eigenvalue weighted by Crippen LogP contribution is -2.20. The molecule has 1 rings (SSSR count). The SMILES string of the molecule is CC(C)(C)[C@@H](CCCC(N)=O)c1ccc(C(F)(F)F)nc1. The molecule has 2 N–H and O–H groups in total. The number of rotatable bonds is 5. The number of carbonyl (C=O) groups is 1. The van der Waals surface area contributed by atoms with Crippen molar-refractivity contribution in [3.8, 4) is 0 Å². The first kappa shape index (κ1) is 17.5. The number of hydrogen-bond donors (Lipinski definition) is 1. The first-order valence-electron chi connectivity index (χ1n) is 6.83. The van der Waals surface area contributed by atoms with Crippen LogP contribution in [0.3, 0.4) is 0 Å². The molecule has 0 radical (unpaired) electrons. The van der Waals surface area contributed by atoms with E-state index in [9.17, 15) is 18.0 Å². The van der Waals surface area contributed by atoms with Crippen LogP contribution in [0.2, 0.25) is 0 Å². The van der Waals surface area contributed by atoms with Gasteiger partial charge in [0.2, 0.25) is 5.91 Å². The van der Waals surface area contributed by atoms with Crippen molar-refractivity contribution in [3.63, 3.8) is 0 Å². The van der Waals surface area contributed by atoms with Crippen molar-refractivity contribution >= 4 is 5.91 Å². The molecule has 0 aromatic carbocycles. The first-order valence-corrected chi connectivity index (χ1v) is 6.83. The molecule has 0 aliphatic heterocycles. The van der Waals surface area contributed by atoms with Gasteiger partial charge in [0.05, 0.1) is 0 Å². The Morgan fingerprint density at radius 3 is 2.29 bits per heavy atom. The van der Waals surface area contributed by atoms with Crippen LogP contribution >= 0.6 is 0 Å². The molecule has 0 saturated carbocycles. The second-order valence-electron chi connectivity index (χ2n) is 6.25. The van der Waals surface area contributed by atoms with Crippen LogP contribution in [-0.2, 0) is 11.0 Å². The van der Waals surface area contributed by atoms with Gasteiger partial charge in [0.1, 0.15) is 5.69 Å². The highest BCUT2D eigenvalue weighted by Gasteiger charge is 2.33. The molecule has 0 bridgehead atoms. The van der Waals surface area contributed by atoms with Gasteiger partial charge in [-0.25, -0.2) is 0 Å². The van der Waals surface area contributed by atoms with Gasteiger partial charge >= 0.3 is 6.18 Å². The monoisotopic (exact) mass is 302 g/mol. The summed E-state index contributed by atoms with van der Waals surface area (Å²) in [6, 6.07) is 2.47. The Bertz CT molecular complexity index is 475. The Morgan fingerprint density at radius 2 is 1.90 bits per heavy atom. The minimum absolute atomic E-state index is 0.0200. The van der Waals surface area contributed by atoms with Crippen molar-refractivity contribution in [3.05, 3.63) is 29.6 Å². The number of primary amides is 1. The Labute approximate surface area is 122 Å². The normalized spacial score (nSPS) is 14.0. The Hall–Kier alpha value is -1.59. The predicted octanol–water partition coefficient (Wildman–Crippen LogP) is 3.89. The third-order valence-electron chi connectivity index (χ3n) is 3.44. The molecule has 3 nitrogen and oxygen atoms in total. The van der Waals surface area contributed by atoms with Crippen molar-refractivity contribution in [1.82, 2.24) is 4.98 Å². The molecule has 0 aliphatic carbocycles. The van der Waals surface area contributed by atoms with E-state index in [1.54, 1.807) is 0 Å². The van der Waals surface area contributed by atoms with E-state index >= 15 is 0 Å². The van der Waals surface area contributed by atoms with Gasteiger partial charge in [-0.1, -0.05) is 26.8 Å². The van der Waals surface area contributed by atoms with Gasteiger partial charge in [-0.2, -0.15) is 13.2 Å². The summed E-state index contributed by atoms with van der Waals surface area (Å²) in [6.45, 7) is 6.04. The number of amides is 1. The Kier molecular flexibility index (Phi) is 5.36. The Balaban J connectivity index is 2.91. The van der Waals surface area contributed by atoms with Crippen LogP contribution in [0.15, 0.2) is 18.3 Å². The summed E-state index contributed by atoms with van der Waals surface area (Å²) in [6.07, 6.45) is -1.58. The highest BCUT2D eigenvalue weighted by molar-refractivity contribution is 5.73. The minimum atomic E-state index is -4.43. The smallest absolute Gasteiger partial charge is 0.370 e. The second kappa shape index (κ2) is 6.45. The highest BCUT2D eigenvalue weighted by Crippen LogP contribution is 2.39. The van der Waals surface area contributed by atoms with Gasteiger partial charge in [-0.15, -0.1) is 0 Å². The van der Waals surface area contributed by atoms with E-state index in [4.69, 9.17) is 5.73 Å². The van der Waals surface area contributed by atoms with Gasteiger partial charge in [0.25, 0.3) is 0 Å². The molecule has 1 aromatic rings. The van der Waals surface area contributed by atoms with E-state index in [2.05, 4.69) is 4.98 Å². The van der Waals surface area contributed by atoms with Crippen molar-refractivity contribution in [2.45, 2.75) is 52.1 Å². The lowest BCUT2D eigenvalue weighted by molar-refractivity contribution is -0.141. The van der Waals surface area contributed by atoms with E-state index in [1.165, 1.54) is 12.3 Å². The predicted molar refractivity (Wildman–Crippen MR) is 74.5 cm³/mol. The Morgan fingerprint density at radius 1 is 1.29 bits per heavy atom. The quantitative estimate of drug-likeness (QED) is 0.897. The highest BCUT2D eigenvalue weighted by atomic mass is 19.4. The number of aromatic nitrogens is 1. The molecule has 6 heteroatoms. The molecule has 0 spiro atoms. The number of pyridine rings is 1. The number of alkyl halides is 3. The van der Waals surface area contributed by atoms with Crippen LogP contribution in [0, 0.1) is 5.41 Å². The van der Waals surface area contributed by atoms with Gasteiger partial charge in [0.15, 0.2) is 0 Å². The molecule has 0 fully saturated rings. The molecule has 1 aromatic heterocycles. The van der Waals surface area contributed by atoms with Crippen molar-refractivity contribution < 1.29 is 18.0 Å². The molecule has 118 valence electrons. The maximum Gasteiger partial charge on any atom is 0.433 e. The number of nitrogens with two attached hydrogens (primary N) is 1. The number of hydrogen-bond acceptors (Lipinski definition) is 2. The third-order valence-corrected chi connectivity index (χ3v) is 3.44. The van der Waals surface area contributed by atoms with Gasteiger partial charge in [-0.05, 0) is 35.8 Å². The standard InChI is InChI=1S/C15H21F3N2O/c1-14(2,3)11(5-4-6-13(19)21)10-7-8-12(20-9-10)15(16,17)18/h7-9,11H,4-6H2,1-3H3,(H2,19,21)/t11-/m0/s1. The third kappa shape index (κ3) is 5.36. The summed E-state index contributed by atoms with van der Waals surface area (Å²) in [4.78, 5) is 14.3. The molecule has 0 unspecified atom stereocenters. The van der Waals surface area contributed by atoms with Crippen LogP contribution in [0.25, 0.3) is 0 Å². The molecule has 1 atom stereocenters. The average molecular weight is 302 g/mol. The fraction of sp³-hybridized carbons (Fsp3) is 0.600. The summed E-state index contributed by atoms with van der Waals surface area (Å²) in [5, 5.41) is 0. The minimum Gasteiger partial charge on any atom is -0.370 e. The summed E-state index contributed by atoms with van der Waals surface area (Å²) in [7, 11) is 0. The zero-order valence-electron chi connectivity index (χ0n) is 12.5. The van der Waals surface area contributed by atoms with Gasteiger partial charge in [0, 0.05) is 12.6 Å². The van der Waals surface area contributed by atoms with Crippen LogP contribution < -0.4 is 5.73 Å². The number of carbonyl (C=O) groups excluding carboxylic acids is 1. The van der Waals surface area contributed by atoms with Crippen LogP contribution in [0.4, 0.5) is 13.2 Å². The maximum atomic E-state index is 12.5. The molecule has 0 saturated heterocycles. The lowest BCUT2D eigenvalue weighted by atomic mass is 9.74. The van der Waals surface area contributed by atoms with E-state index in [0.29, 0.717) is 12.8 Å². The van der Waals surface area contributed by atoms with Crippen molar-refractivity contribution in [1.29, 1.82) is 0 Å². The molecular weight excluding hydrogens is 281 g/mol. The van der Waals surface area contributed by atoms with Crippen molar-refractivity contribution in [2.24, 2.45) is 11.1 Å². The molecular formula is C15H21F3N2O. The summed E-state index contributed by atoms with van der Waals surface area (Å²) < 4.78 is 37.6. The van der Waals surface area contributed by atoms with Crippen molar-refractivity contribution in [2.75, 3.05) is 0 Å². The number of nitrogens with zero attached hydrogens (tertiary/aromatic N) is 1. The van der Waals surface area contributed by atoms with Crippen LogP contribution in [0.1, 0.15) is 57.2 Å². The number of halogens is 3. The van der Waals surface area contributed by atoms with E-state index < -0.39 is 11.9 Å². The van der Waals surface area contributed by atoms with E-state index in [-0.39, 0.29) is 23.7 Å². The topological polar surface area (TPSA) is 56.0 Å². The van der Waals surface area contributed by atoms with Crippen LogP contribution in [0.5, 0.6) is 0 Å². The largest absolute Gasteiger partial charge is 0.433 e. The summed E-state index contributed by atoms with van der Waals surface area (Å²) in [5.41, 5.74) is 4.84. The van der Waals surface area contributed by atoms with Crippen LogP contribution in [-0.4, -0.2) is 10.9 Å². The molecule has 1 amide bonds. The maximum absolute atomic E-state index is 12.5. The first-order chi connectivity index (χ1) is 9.51. The summed E-state index contributed by atoms with van der Waals surface area (Å²) >= 11 is 0. The lowest BCUT2D eigenvalue weighted by Gasteiger charge is -2.31. The van der Waals surface area contributed by atoms with E-state index in [0.717, 1.165) is 11.6 Å². The average Bonchev–Trinajstić information content (AvgIpc) is 2.32. The zero-order chi connectivity index (χ0) is 16.3. The molecule has 0 aliphatic rings. The fourth-order valence-corrected chi connectivity index (χ4v) is 2.36. The van der Waals surface area contributed by atoms with Gasteiger partial charge < -0.3 is 5.73 Å². The fourth-order valence-electron chi connectivity index (χ4n) is 2.36. The molecule has 1 heterocycles. The molecule has 21 heavy (non-hydrogen) atoms. The second-order valence-corrected chi connectivity index (χ2v) is 6.25. The zero-order valence-corrected chi connectivity index (χ0v) is 12.5. The summed E-state index contributed by atoms with van der Waals surface area (Å²) in [5.74, 6) is -0.347.